The molecule has 0 heterocycles. The molecule has 0 amide bonds. The monoisotopic (exact) mass is 148 g/mol. The lowest BCUT2D eigenvalue weighted by Gasteiger charge is -1.65. The lowest BCUT2D eigenvalue weighted by atomic mass is 10.6. The quantitative estimate of drug-likeness (QED) is 0.407. The van der Waals surface area contributed by atoms with Crippen molar-refractivity contribution in [3.05, 3.63) is 12.2 Å². The molecule has 0 atom stereocenters. The van der Waals surface area contributed by atoms with E-state index in [0.29, 0.717) is 0 Å². The fourth-order valence-corrected chi connectivity index (χ4v) is 0.395. The van der Waals surface area contributed by atoms with Crippen LogP contribution in [0.2, 0.25) is 0 Å². The summed E-state index contributed by atoms with van der Waals surface area (Å²) in [5, 5.41) is 0. The maximum Gasteiger partial charge on any atom is 0.220 e. The maximum atomic E-state index is 9.87. The smallest absolute Gasteiger partial charge is 0.220 e. The molecule has 0 aliphatic rings. The van der Waals surface area contributed by atoms with Gasteiger partial charge >= 0.3 is 0 Å². The van der Waals surface area contributed by atoms with E-state index < -0.39 is 0 Å². The number of hydrogen-bond donors (Lipinski definition) is 0. The Morgan fingerprint density at radius 3 is 2.33 bits per heavy atom. The van der Waals surface area contributed by atoms with Gasteiger partial charge in [-0.3, -0.25) is 4.79 Å². The predicted octanol–water partition coefficient (Wildman–Crippen LogP) is 1.48. The molecule has 1 nitrogen and oxygen atoms in total. The van der Waals surface area contributed by atoms with E-state index in [1.807, 2.05) is 0 Å². The molecular weight excluding hydrogens is 144 g/mol. The van der Waals surface area contributed by atoms with Crippen LogP contribution in [0.15, 0.2) is 12.2 Å². The summed E-state index contributed by atoms with van der Waals surface area (Å²) >= 11 is 2.71. The number of rotatable bonds is 1. The van der Waals surface area contributed by atoms with Crippen molar-refractivity contribution in [2.75, 3.05) is 0 Å². The number of hydrogen-bond acceptors (Lipinski definition) is 1. The van der Waals surface area contributed by atoms with Crippen molar-refractivity contribution in [1.82, 2.24) is 0 Å². The van der Waals surface area contributed by atoms with Crippen LogP contribution in [0.3, 0.4) is 0 Å². The second-order valence-electron chi connectivity index (χ2n) is 0.804. The second kappa shape index (κ2) is 3.09. The van der Waals surface area contributed by atoms with Gasteiger partial charge in [-0.2, -0.15) is 0 Å². The second-order valence-corrected chi connectivity index (χ2v) is 1.59. The molecule has 0 fully saturated rings. The van der Waals surface area contributed by atoms with Gasteiger partial charge in [0.2, 0.25) is 4.69 Å². The fraction of sp³-hybridized carbons (Fsp3) is 0.250. The van der Waals surface area contributed by atoms with Crippen LogP contribution in [-0.4, -0.2) is 4.69 Å². The Morgan fingerprint density at radius 2 is 2.33 bits per heavy atom. The maximum absolute atomic E-state index is 9.87. The fourth-order valence-electron chi connectivity index (χ4n) is 0.131. The highest BCUT2D eigenvalue weighted by Gasteiger charge is 1.76. The minimum absolute atomic E-state index is 0.0787. The molecule has 0 saturated carbocycles. The van der Waals surface area contributed by atoms with E-state index in [0.717, 1.165) is 0 Å². The van der Waals surface area contributed by atoms with E-state index in [2.05, 4.69) is 15.9 Å². The van der Waals surface area contributed by atoms with Gasteiger partial charge in [-0.05, 0) is 28.9 Å². The van der Waals surface area contributed by atoms with Crippen molar-refractivity contribution in [2.24, 2.45) is 0 Å². The molecule has 2 heteroatoms. The van der Waals surface area contributed by atoms with Gasteiger partial charge in [0.05, 0.1) is 0 Å². The summed E-state index contributed by atoms with van der Waals surface area (Å²) in [6.45, 7) is 1.79. The summed E-state index contributed by atoms with van der Waals surface area (Å²) in [6.07, 6.45) is 3.12. The Labute approximate surface area is 45.2 Å². The molecule has 0 rings (SSSR count). The molecule has 6 heavy (non-hydrogen) atoms. The molecule has 0 aliphatic carbocycles. The van der Waals surface area contributed by atoms with Gasteiger partial charge in [-0.1, -0.05) is 6.08 Å². The van der Waals surface area contributed by atoms with Crippen LogP contribution in [0.1, 0.15) is 6.92 Å². The van der Waals surface area contributed by atoms with Gasteiger partial charge in [0.25, 0.3) is 0 Å². The van der Waals surface area contributed by atoms with Crippen molar-refractivity contribution < 1.29 is 4.79 Å². The Balaban J connectivity index is 3.30. The zero-order valence-corrected chi connectivity index (χ0v) is 5.03. The molecule has 0 saturated heterocycles. The van der Waals surface area contributed by atoms with E-state index in [4.69, 9.17) is 0 Å². The van der Waals surface area contributed by atoms with Crippen molar-refractivity contribution in [2.45, 2.75) is 6.92 Å². The highest BCUT2D eigenvalue weighted by Crippen LogP contribution is 1.83. The molecular formula is C4H5BrO. The van der Waals surface area contributed by atoms with Gasteiger partial charge in [0, 0.05) is 0 Å². The Bertz CT molecular complexity index is 75.6. The van der Waals surface area contributed by atoms with Gasteiger partial charge in [0.1, 0.15) is 0 Å². The summed E-state index contributed by atoms with van der Waals surface area (Å²) in [5.74, 6) is 0. The number of halogens is 1. The van der Waals surface area contributed by atoms with Crippen LogP contribution in [0.4, 0.5) is 0 Å². The highest BCUT2D eigenvalue weighted by molar-refractivity contribution is 9.18. The van der Waals surface area contributed by atoms with Crippen LogP contribution >= 0.6 is 15.9 Å². The van der Waals surface area contributed by atoms with Gasteiger partial charge < -0.3 is 0 Å². The van der Waals surface area contributed by atoms with Crippen molar-refractivity contribution in [1.29, 1.82) is 0 Å². The SMILES string of the molecule is CC=CC(=O)Br. The third-order valence-corrected chi connectivity index (χ3v) is 0.562. The molecule has 0 N–H and O–H groups in total. The summed E-state index contributed by atoms with van der Waals surface area (Å²) in [4.78, 5) is 9.87. The first kappa shape index (κ1) is 5.89. The van der Waals surface area contributed by atoms with E-state index in [1.54, 1.807) is 13.0 Å². The molecule has 0 aromatic rings. The van der Waals surface area contributed by atoms with E-state index in [9.17, 15) is 4.79 Å². The Kier molecular flexibility index (Phi) is 3.04. The minimum atomic E-state index is -0.0787. The molecule has 0 bridgehead atoms. The third-order valence-electron chi connectivity index (χ3n) is 0.298. The third kappa shape index (κ3) is 3.89. The average molecular weight is 149 g/mol. The van der Waals surface area contributed by atoms with Crippen molar-refractivity contribution in [3.63, 3.8) is 0 Å². The van der Waals surface area contributed by atoms with E-state index in [1.165, 1.54) is 6.08 Å². The van der Waals surface area contributed by atoms with E-state index in [-0.39, 0.29) is 4.69 Å². The van der Waals surface area contributed by atoms with Crippen LogP contribution in [0, 0.1) is 0 Å². The zero-order chi connectivity index (χ0) is 4.99. The predicted molar refractivity (Wildman–Crippen MR) is 28.7 cm³/mol. The van der Waals surface area contributed by atoms with Crippen LogP contribution in [0.25, 0.3) is 0 Å². The van der Waals surface area contributed by atoms with Crippen LogP contribution in [0.5, 0.6) is 0 Å². The molecule has 0 unspecified atom stereocenters. The lowest BCUT2D eigenvalue weighted by Crippen LogP contribution is -1.69. The summed E-state index contributed by atoms with van der Waals surface area (Å²) in [5.41, 5.74) is 0. The first-order chi connectivity index (χ1) is 2.77. The normalized spacial score (nSPS) is 9.67. The lowest BCUT2D eigenvalue weighted by molar-refractivity contribution is -0.106. The molecule has 0 aromatic carbocycles. The summed E-state index contributed by atoms with van der Waals surface area (Å²) in [6, 6.07) is 0. The van der Waals surface area contributed by atoms with Gasteiger partial charge in [0.15, 0.2) is 0 Å². The van der Waals surface area contributed by atoms with Crippen LogP contribution < -0.4 is 0 Å². The molecule has 0 radical (unpaired) electrons. The molecule has 0 spiro atoms. The topological polar surface area (TPSA) is 17.1 Å². The Hall–Kier alpha value is -0.110. The summed E-state index contributed by atoms with van der Waals surface area (Å²) in [7, 11) is 0. The highest BCUT2D eigenvalue weighted by atomic mass is 79.9. The molecule has 0 aliphatic heterocycles. The average Bonchev–Trinajstić information content (AvgIpc) is 1.35. The molecule has 0 aromatic heterocycles. The van der Waals surface area contributed by atoms with Gasteiger partial charge in [-0.15, -0.1) is 0 Å². The first-order valence-corrected chi connectivity index (χ1v) is 2.39. The number of carbonyl (C=O) groups excluding carboxylic acids is 1. The van der Waals surface area contributed by atoms with Crippen LogP contribution in [-0.2, 0) is 4.79 Å². The number of carbonyl (C=O) groups is 1. The standard InChI is InChI=1S/C4H5BrO/c1-2-3-4(5)6/h2-3H,1H3. The van der Waals surface area contributed by atoms with Crippen molar-refractivity contribution in [3.8, 4) is 0 Å². The zero-order valence-electron chi connectivity index (χ0n) is 3.44. The largest absolute Gasteiger partial charge is 0.282 e. The molecule has 34 valence electrons. The number of allylic oxidation sites excluding steroid dienone is 2. The first-order valence-electron chi connectivity index (χ1n) is 1.59. The minimum Gasteiger partial charge on any atom is -0.282 e. The summed E-state index contributed by atoms with van der Waals surface area (Å²) < 4.78 is -0.0787. The Morgan fingerprint density at radius 1 is 1.83 bits per heavy atom. The van der Waals surface area contributed by atoms with Gasteiger partial charge in [-0.25, -0.2) is 0 Å². The van der Waals surface area contributed by atoms with Crippen molar-refractivity contribution >= 4 is 20.6 Å². The van der Waals surface area contributed by atoms with E-state index >= 15 is 0 Å².